The predicted octanol–water partition coefficient (Wildman–Crippen LogP) is 3.99. The van der Waals surface area contributed by atoms with Gasteiger partial charge in [0, 0.05) is 11.4 Å². The number of methoxy groups -OCH3 is 1. The molecule has 1 atom stereocenters. The van der Waals surface area contributed by atoms with Crippen LogP contribution in [-0.2, 0) is 9.53 Å². The lowest BCUT2D eigenvalue weighted by Crippen LogP contribution is -2.48. The summed E-state index contributed by atoms with van der Waals surface area (Å²) in [6.07, 6.45) is 0. The summed E-state index contributed by atoms with van der Waals surface area (Å²) < 4.78 is 45.1. The molecule has 0 spiro atoms. The molecule has 0 radical (unpaired) electrons. The Hall–Kier alpha value is -2.87. The molecule has 0 aromatic heterocycles. The van der Waals surface area contributed by atoms with Crippen LogP contribution >= 0.6 is 12.2 Å². The van der Waals surface area contributed by atoms with E-state index in [0.717, 1.165) is 12.1 Å². The maximum atomic E-state index is 13.7. The lowest BCUT2D eigenvalue weighted by Gasteiger charge is -2.37. The predicted molar refractivity (Wildman–Crippen MR) is 98.4 cm³/mol. The highest BCUT2D eigenvalue weighted by Gasteiger charge is 2.35. The largest absolute Gasteiger partial charge is 0.466 e. The topological polar surface area (TPSA) is 41.6 Å². The van der Waals surface area contributed by atoms with Crippen LogP contribution in [0.3, 0.4) is 0 Å². The van der Waals surface area contributed by atoms with Gasteiger partial charge in [-0.25, -0.2) is 18.0 Å². The van der Waals surface area contributed by atoms with Crippen LogP contribution in [-0.4, -0.2) is 18.2 Å². The average molecular weight is 392 g/mol. The Kier molecular flexibility index (Phi) is 5.18. The molecule has 0 bridgehead atoms. The first-order chi connectivity index (χ1) is 12.8. The van der Waals surface area contributed by atoms with E-state index in [4.69, 9.17) is 17.0 Å². The second kappa shape index (κ2) is 7.40. The van der Waals surface area contributed by atoms with Gasteiger partial charge in [0.05, 0.1) is 18.7 Å². The summed E-state index contributed by atoms with van der Waals surface area (Å²) in [5, 5.41) is 3.18. The molecule has 0 unspecified atom stereocenters. The molecule has 1 N–H and O–H groups in total. The zero-order valence-corrected chi connectivity index (χ0v) is 15.2. The van der Waals surface area contributed by atoms with Crippen LogP contribution in [0.15, 0.2) is 53.7 Å². The summed E-state index contributed by atoms with van der Waals surface area (Å²) in [4.78, 5) is 14.0. The number of thiocarbonyl (C=S) groups is 1. The van der Waals surface area contributed by atoms with Crippen molar-refractivity contribution in [2.24, 2.45) is 0 Å². The lowest BCUT2D eigenvalue weighted by atomic mass is 9.94. The molecule has 140 valence electrons. The molecule has 0 saturated carbocycles. The number of carbonyl (C=O) groups is 1. The average Bonchev–Trinajstić information content (AvgIpc) is 2.64. The third-order valence-corrected chi connectivity index (χ3v) is 4.55. The van der Waals surface area contributed by atoms with Gasteiger partial charge >= 0.3 is 5.97 Å². The molecule has 0 saturated heterocycles. The van der Waals surface area contributed by atoms with E-state index in [9.17, 15) is 18.0 Å². The number of hydrogen-bond donors (Lipinski definition) is 1. The van der Waals surface area contributed by atoms with Crippen molar-refractivity contribution in [3.05, 3.63) is 76.7 Å². The van der Waals surface area contributed by atoms with E-state index in [0.29, 0.717) is 16.9 Å². The van der Waals surface area contributed by atoms with Crippen LogP contribution in [0.5, 0.6) is 0 Å². The third-order valence-electron chi connectivity index (χ3n) is 4.25. The zero-order chi connectivity index (χ0) is 19.7. The first-order valence-corrected chi connectivity index (χ1v) is 8.34. The molecule has 2 aromatic carbocycles. The van der Waals surface area contributed by atoms with Crippen LogP contribution in [0.25, 0.3) is 0 Å². The molecule has 2 aromatic rings. The molecule has 3 rings (SSSR count). The van der Waals surface area contributed by atoms with Gasteiger partial charge in [-0.2, -0.15) is 0 Å². The van der Waals surface area contributed by atoms with Crippen LogP contribution in [0.1, 0.15) is 18.5 Å². The summed E-state index contributed by atoms with van der Waals surface area (Å²) in [6, 6.07) is 8.08. The highest BCUT2D eigenvalue weighted by molar-refractivity contribution is 7.80. The lowest BCUT2D eigenvalue weighted by molar-refractivity contribution is -0.136. The number of nitrogens with zero attached hydrogens (tertiary/aromatic N) is 1. The van der Waals surface area contributed by atoms with Crippen LogP contribution in [0, 0.1) is 17.5 Å². The Morgan fingerprint density at radius 3 is 2.37 bits per heavy atom. The van der Waals surface area contributed by atoms with Crippen molar-refractivity contribution in [1.82, 2.24) is 5.32 Å². The Balaban J connectivity index is 2.14. The van der Waals surface area contributed by atoms with Crippen LogP contribution in [0.4, 0.5) is 18.9 Å². The number of esters is 1. The van der Waals surface area contributed by atoms with Gasteiger partial charge in [0.15, 0.2) is 16.7 Å². The number of halogens is 3. The van der Waals surface area contributed by atoms with Crippen molar-refractivity contribution < 1.29 is 22.7 Å². The van der Waals surface area contributed by atoms with Gasteiger partial charge in [-0.15, -0.1) is 0 Å². The van der Waals surface area contributed by atoms with Crippen molar-refractivity contribution >= 4 is 29.0 Å². The number of anilines is 1. The van der Waals surface area contributed by atoms with Gasteiger partial charge in [0.25, 0.3) is 0 Å². The number of allylic oxidation sites excluding steroid dienone is 1. The summed E-state index contributed by atoms with van der Waals surface area (Å²) in [5.41, 5.74) is 1.47. The summed E-state index contributed by atoms with van der Waals surface area (Å²) in [5.74, 6) is -3.10. The highest BCUT2D eigenvalue weighted by Crippen LogP contribution is 2.34. The molecule has 0 fully saturated rings. The molecular weight excluding hydrogens is 377 g/mol. The van der Waals surface area contributed by atoms with E-state index in [-0.39, 0.29) is 10.7 Å². The standard InChI is InChI=1S/C19H15F3N2O2S/c1-10-16(18(25)26-2)17(11-3-8-14(21)15(22)9-11)23-19(27)24(10)13-6-4-12(20)5-7-13/h3-9,17H,1-2H3,(H,23,27)/t17-/m1/s1. The molecule has 27 heavy (non-hydrogen) atoms. The Labute approximate surface area is 159 Å². The maximum Gasteiger partial charge on any atom is 0.337 e. The van der Waals surface area contributed by atoms with E-state index < -0.39 is 29.5 Å². The second-order valence-electron chi connectivity index (χ2n) is 5.86. The summed E-state index contributed by atoms with van der Waals surface area (Å²) >= 11 is 5.40. The van der Waals surface area contributed by atoms with Crippen molar-refractivity contribution in [2.75, 3.05) is 12.0 Å². The minimum Gasteiger partial charge on any atom is -0.466 e. The monoisotopic (exact) mass is 392 g/mol. The normalized spacial score (nSPS) is 17.0. The van der Waals surface area contributed by atoms with Gasteiger partial charge in [0.2, 0.25) is 0 Å². The van der Waals surface area contributed by atoms with E-state index in [2.05, 4.69) is 5.32 Å². The van der Waals surface area contributed by atoms with Gasteiger partial charge in [-0.05, 0) is 61.1 Å². The van der Waals surface area contributed by atoms with Crippen molar-refractivity contribution in [3.63, 3.8) is 0 Å². The van der Waals surface area contributed by atoms with E-state index in [1.165, 1.54) is 37.4 Å². The summed E-state index contributed by atoms with van der Waals surface area (Å²) in [6.45, 7) is 1.65. The zero-order valence-electron chi connectivity index (χ0n) is 14.4. The van der Waals surface area contributed by atoms with Gasteiger partial charge in [-0.1, -0.05) is 6.07 Å². The van der Waals surface area contributed by atoms with Gasteiger partial charge in [0.1, 0.15) is 5.82 Å². The van der Waals surface area contributed by atoms with E-state index >= 15 is 0 Å². The van der Waals surface area contributed by atoms with Crippen molar-refractivity contribution in [1.29, 1.82) is 0 Å². The molecular formula is C19H15F3N2O2S. The molecule has 8 heteroatoms. The minimum absolute atomic E-state index is 0.182. The number of nitrogens with one attached hydrogen (secondary N) is 1. The summed E-state index contributed by atoms with van der Waals surface area (Å²) in [7, 11) is 1.22. The fraction of sp³-hybridized carbons (Fsp3) is 0.158. The molecule has 0 aliphatic carbocycles. The maximum absolute atomic E-state index is 13.7. The van der Waals surface area contributed by atoms with E-state index in [1.54, 1.807) is 11.8 Å². The first-order valence-electron chi connectivity index (χ1n) is 7.93. The molecule has 1 aliphatic heterocycles. The van der Waals surface area contributed by atoms with Gasteiger partial charge < -0.3 is 10.1 Å². The fourth-order valence-corrected chi connectivity index (χ4v) is 3.32. The van der Waals surface area contributed by atoms with Crippen molar-refractivity contribution in [3.8, 4) is 0 Å². The Morgan fingerprint density at radius 1 is 1.11 bits per heavy atom. The number of carbonyl (C=O) groups excluding carboxylic acids is 1. The number of ether oxygens (including phenoxy) is 1. The van der Waals surface area contributed by atoms with Crippen LogP contribution < -0.4 is 10.2 Å². The quantitative estimate of drug-likeness (QED) is 0.632. The molecule has 4 nitrogen and oxygen atoms in total. The molecule has 1 aliphatic rings. The van der Waals surface area contributed by atoms with Gasteiger partial charge in [-0.3, -0.25) is 4.90 Å². The van der Waals surface area contributed by atoms with E-state index in [1.807, 2.05) is 0 Å². The number of rotatable bonds is 3. The van der Waals surface area contributed by atoms with Crippen molar-refractivity contribution in [2.45, 2.75) is 13.0 Å². The fourth-order valence-electron chi connectivity index (χ4n) is 2.96. The smallest absolute Gasteiger partial charge is 0.337 e. The number of hydrogen-bond acceptors (Lipinski definition) is 3. The van der Waals surface area contributed by atoms with Crippen LogP contribution in [0.2, 0.25) is 0 Å². The third kappa shape index (κ3) is 3.52. The highest BCUT2D eigenvalue weighted by atomic mass is 32.1. The molecule has 1 heterocycles. The second-order valence-corrected chi connectivity index (χ2v) is 6.25. The Bertz CT molecular complexity index is 944. The Morgan fingerprint density at radius 2 is 1.78 bits per heavy atom. The first kappa shape index (κ1) is 18.9. The SMILES string of the molecule is COC(=O)C1=C(C)N(c2ccc(F)cc2)C(=S)N[C@@H]1c1ccc(F)c(F)c1. The minimum atomic E-state index is -1.04. The number of benzene rings is 2. The molecule has 0 amide bonds.